The van der Waals surface area contributed by atoms with Crippen molar-refractivity contribution in [2.75, 3.05) is 6.54 Å². The second-order valence-electron chi connectivity index (χ2n) is 7.12. The molecule has 2 aliphatic heterocycles. The summed E-state index contributed by atoms with van der Waals surface area (Å²) in [6.07, 6.45) is 0.704. The van der Waals surface area contributed by atoms with Crippen molar-refractivity contribution in [2.45, 2.75) is 31.9 Å². The van der Waals surface area contributed by atoms with E-state index in [9.17, 15) is 14.4 Å². The minimum atomic E-state index is -0.947. The molecule has 160 valence electrons. The highest BCUT2D eigenvalue weighted by Crippen LogP contribution is 2.36. The number of fused-ring (bicyclic) bond motifs is 1. The Balaban J connectivity index is 1.32. The van der Waals surface area contributed by atoms with Gasteiger partial charge in [-0.2, -0.15) is 0 Å². The third-order valence-electron chi connectivity index (χ3n) is 4.98. The molecule has 0 bridgehead atoms. The minimum Gasteiger partial charge on any atom is -0.472 e. The van der Waals surface area contributed by atoms with Crippen LogP contribution in [0.25, 0.3) is 0 Å². The van der Waals surface area contributed by atoms with Crippen LogP contribution in [0.1, 0.15) is 17.5 Å². The zero-order valence-corrected chi connectivity index (χ0v) is 16.7. The van der Waals surface area contributed by atoms with E-state index in [2.05, 4.69) is 5.32 Å². The SMILES string of the molecule is O=C(NC/C=C1\O[C@H]2CC(=O)N2[C@@H]1C(=O)OCc1ccccc1)OCc1ccccc1. The largest absolute Gasteiger partial charge is 0.472 e. The lowest BCUT2D eigenvalue weighted by Crippen LogP contribution is -2.55. The smallest absolute Gasteiger partial charge is 0.407 e. The van der Waals surface area contributed by atoms with Crippen LogP contribution in [0.5, 0.6) is 0 Å². The molecule has 2 heterocycles. The topological polar surface area (TPSA) is 94.2 Å². The number of hydrogen-bond acceptors (Lipinski definition) is 6. The molecule has 2 atom stereocenters. The zero-order chi connectivity index (χ0) is 21.6. The molecule has 31 heavy (non-hydrogen) atoms. The average Bonchev–Trinajstić information content (AvgIpc) is 3.09. The first kappa shape index (κ1) is 20.5. The lowest BCUT2D eigenvalue weighted by Gasteiger charge is -2.33. The lowest BCUT2D eigenvalue weighted by atomic mass is 10.1. The monoisotopic (exact) mass is 422 g/mol. The van der Waals surface area contributed by atoms with Crippen molar-refractivity contribution in [1.82, 2.24) is 10.2 Å². The van der Waals surface area contributed by atoms with Crippen LogP contribution < -0.4 is 5.32 Å². The summed E-state index contributed by atoms with van der Waals surface area (Å²) < 4.78 is 16.2. The number of nitrogens with zero attached hydrogens (tertiary/aromatic N) is 1. The summed E-state index contributed by atoms with van der Waals surface area (Å²) in [7, 11) is 0. The molecule has 8 nitrogen and oxygen atoms in total. The van der Waals surface area contributed by atoms with Gasteiger partial charge in [0, 0.05) is 6.54 Å². The number of ether oxygens (including phenoxy) is 3. The number of rotatable bonds is 7. The molecule has 0 spiro atoms. The molecular formula is C23H22N2O6. The van der Waals surface area contributed by atoms with Crippen molar-refractivity contribution in [3.05, 3.63) is 83.6 Å². The number of alkyl carbamates (subject to hydrolysis) is 1. The van der Waals surface area contributed by atoms with Gasteiger partial charge in [0.15, 0.2) is 12.3 Å². The average molecular weight is 422 g/mol. The van der Waals surface area contributed by atoms with Gasteiger partial charge >= 0.3 is 12.1 Å². The maximum Gasteiger partial charge on any atom is 0.407 e. The van der Waals surface area contributed by atoms with Crippen LogP contribution >= 0.6 is 0 Å². The highest BCUT2D eigenvalue weighted by molar-refractivity contribution is 5.91. The molecule has 0 saturated carbocycles. The summed E-state index contributed by atoms with van der Waals surface area (Å²) in [6, 6.07) is 17.6. The molecule has 0 aromatic heterocycles. The highest BCUT2D eigenvalue weighted by Gasteiger charge is 2.54. The van der Waals surface area contributed by atoms with Crippen LogP contribution in [0.3, 0.4) is 0 Å². The van der Waals surface area contributed by atoms with E-state index in [4.69, 9.17) is 14.2 Å². The minimum absolute atomic E-state index is 0.0835. The predicted octanol–water partition coefficient (Wildman–Crippen LogP) is 2.50. The van der Waals surface area contributed by atoms with Crippen molar-refractivity contribution in [2.24, 2.45) is 0 Å². The van der Waals surface area contributed by atoms with E-state index >= 15 is 0 Å². The summed E-state index contributed by atoms with van der Waals surface area (Å²) in [4.78, 5) is 37.9. The van der Waals surface area contributed by atoms with E-state index in [-0.39, 0.29) is 37.8 Å². The van der Waals surface area contributed by atoms with Crippen LogP contribution in [0.2, 0.25) is 0 Å². The van der Waals surface area contributed by atoms with E-state index in [1.807, 2.05) is 60.7 Å². The van der Waals surface area contributed by atoms with Gasteiger partial charge in [0.25, 0.3) is 0 Å². The van der Waals surface area contributed by atoms with Crippen LogP contribution in [0, 0.1) is 0 Å². The van der Waals surface area contributed by atoms with E-state index in [1.165, 1.54) is 4.90 Å². The third-order valence-corrected chi connectivity index (χ3v) is 4.98. The first-order chi connectivity index (χ1) is 15.1. The van der Waals surface area contributed by atoms with Gasteiger partial charge < -0.3 is 19.5 Å². The summed E-state index contributed by atoms with van der Waals surface area (Å²) in [5.74, 6) is -0.458. The fourth-order valence-electron chi connectivity index (χ4n) is 3.37. The standard InChI is InChI=1S/C23H22N2O6/c26-19-13-20-25(19)21(22(27)29-14-16-7-3-1-4-8-16)18(31-20)11-12-24-23(28)30-15-17-9-5-2-6-10-17/h1-11,20-21H,12-15H2,(H,24,28)/b18-11-/t20-,21-/m0/s1. The van der Waals surface area contributed by atoms with Gasteiger partial charge in [-0.15, -0.1) is 0 Å². The van der Waals surface area contributed by atoms with E-state index in [0.29, 0.717) is 0 Å². The molecule has 2 aromatic rings. The first-order valence-corrected chi connectivity index (χ1v) is 9.95. The van der Waals surface area contributed by atoms with E-state index < -0.39 is 24.3 Å². The number of amides is 2. The quantitative estimate of drug-likeness (QED) is 0.544. The van der Waals surface area contributed by atoms with Crippen molar-refractivity contribution in [1.29, 1.82) is 0 Å². The molecule has 0 aliphatic carbocycles. The van der Waals surface area contributed by atoms with Gasteiger partial charge in [0.1, 0.15) is 19.0 Å². The molecule has 4 rings (SSSR count). The molecule has 2 amide bonds. The lowest BCUT2D eigenvalue weighted by molar-refractivity contribution is -0.166. The predicted molar refractivity (Wildman–Crippen MR) is 109 cm³/mol. The number of β-lactam (4-membered cyclic amide) rings is 1. The van der Waals surface area contributed by atoms with Crippen LogP contribution in [0.4, 0.5) is 4.79 Å². The Morgan fingerprint density at radius 1 is 1.00 bits per heavy atom. The molecule has 8 heteroatoms. The number of carbonyl (C=O) groups is 3. The maximum absolute atomic E-state index is 12.7. The highest BCUT2D eigenvalue weighted by atomic mass is 16.6. The number of hydrogen-bond donors (Lipinski definition) is 1. The van der Waals surface area contributed by atoms with Crippen molar-refractivity contribution < 1.29 is 28.6 Å². The summed E-state index contributed by atoms with van der Waals surface area (Å²) in [6.45, 7) is 0.332. The summed E-state index contributed by atoms with van der Waals surface area (Å²) in [5, 5.41) is 2.59. The molecule has 0 unspecified atom stereocenters. The van der Waals surface area contributed by atoms with Crippen LogP contribution in [-0.2, 0) is 37.0 Å². The Kier molecular flexibility index (Phi) is 6.16. The first-order valence-electron chi connectivity index (χ1n) is 9.95. The summed E-state index contributed by atoms with van der Waals surface area (Å²) >= 11 is 0. The number of benzene rings is 2. The number of nitrogens with one attached hydrogen (secondary N) is 1. The van der Waals surface area contributed by atoms with Gasteiger partial charge in [-0.1, -0.05) is 60.7 Å². The van der Waals surface area contributed by atoms with Crippen LogP contribution in [-0.4, -0.2) is 41.7 Å². The summed E-state index contributed by atoms with van der Waals surface area (Å²) in [5.41, 5.74) is 1.72. The fourth-order valence-corrected chi connectivity index (χ4v) is 3.37. The molecule has 2 fully saturated rings. The van der Waals surface area contributed by atoms with Crippen molar-refractivity contribution in [3.8, 4) is 0 Å². The second-order valence-corrected chi connectivity index (χ2v) is 7.12. The van der Waals surface area contributed by atoms with Gasteiger partial charge in [0.2, 0.25) is 5.91 Å². The van der Waals surface area contributed by atoms with Crippen molar-refractivity contribution in [3.63, 3.8) is 0 Å². The maximum atomic E-state index is 12.7. The Morgan fingerprint density at radius 2 is 1.61 bits per heavy atom. The Labute approximate surface area is 179 Å². The molecule has 1 N–H and O–H groups in total. The molecule has 2 saturated heterocycles. The molecule has 2 aliphatic rings. The van der Waals surface area contributed by atoms with E-state index in [0.717, 1.165) is 11.1 Å². The molecule has 2 aromatic carbocycles. The van der Waals surface area contributed by atoms with Crippen molar-refractivity contribution >= 4 is 18.0 Å². The fraction of sp³-hybridized carbons (Fsp3) is 0.261. The Hall–Kier alpha value is -3.81. The van der Waals surface area contributed by atoms with Gasteiger partial charge in [0.05, 0.1) is 6.42 Å². The molecular weight excluding hydrogens is 400 g/mol. The van der Waals surface area contributed by atoms with Gasteiger partial charge in [-0.3, -0.25) is 9.69 Å². The zero-order valence-electron chi connectivity index (χ0n) is 16.7. The van der Waals surface area contributed by atoms with Gasteiger partial charge in [-0.25, -0.2) is 9.59 Å². The normalized spacial score (nSPS) is 20.5. The Bertz CT molecular complexity index is 976. The Morgan fingerprint density at radius 3 is 2.23 bits per heavy atom. The number of esters is 1. The second kappa shape index (κ2) is 9.34. The third kappa shape index (κ3) is 4.85. The van der Waals surface area contributed by atoms with Gasteiger partial charge in [-0.05, 0) is 17.2 Å². The van der Waals surface area contributed by atoms with Crippen LogP contribution in [0.15, 0.2) is 72.5 Å². The van der Waals surface area contributed by atoms with E-state index in [1.54, 1.807) is 6.08 Å². The molecule has 0 radical (unpaired) electrons. The number of carbonyl (C=O) groups excluding carboxylic acids is 3.